The number of rotatable bonds is 8. The molecule has 0 aliphatic heterocycles. The fraction of sp³-hybridized carbons (Fsp3) is 0.571. The molecule has 0 saturated heterocycles. The van der Waals surface area contributed by atoms with Gasteiger partial charge < -0.3 is 4.74 Å². The third-order valence-corrected chi connectivity index (χ3v) is 3.35. The first-order chi connectivity index (χ1) is 7.86. The van der Waals surface area contributed by atoms with Crippen LogP contribution in [0, 0.1) is 0 Å². The van der Waals surface area contributed by atoms with E-state index in [1.165, 1.54) is 24.8 Å². The predicted octanol–water partition coefficient (Wildman–Crippen LogP) is 4.55. The van der Waals surface area contributed by atoms with Crippen LogP contribution in [0.2, 0.25) is 0 Å². The summed E-state index contributed by atoms with van der Waals surface area (Å²) in [7, 11) is 0. The van der Waals surface area contributed by atoms with Crippen LogP contribution in [0.3, 0.4) is 0 Å². The molecule has 0 radical (unpaired) electrons. The number of alkyl halides is 1. The molecule has 0 spiro atoms. The Morgan fingerprint density at radius 2 is 1.94 bits per heavy atom. The Kier molecular flexibility index (Phi) is 7.52. The molecule has 2 heteroatoms. The summed E-state index contributed by atoms with van der Waals surface area (Å²) in [5, 5.41) is 0.934. The average molecular weight is 285 g/mol. The Morgan fingerprint density at radius 3 is 2.56 bits per heavy atom. The first-order valence-electron chi connectivity index (χ1n) is 6.08. The number of hydrogen-bond donors (Lipinski definition) is 0. The van der Waals surface area contributed by atoms with Crippen molar-refractivity contribution in [2.75, 3.05) is 5.33 Å². The highest BCUT2D eigenvalue weighted by Crippen LogP contribution is 2.12. The number of benzene rings is 1. The second-order valence-corrected chi connectivity index (χ2v) is 4.72. The molecule has 0 N–H and O–H groups in total. The largest absolute Gasteiger partial charge is 0.373 e. The second-order valence-electron chi connectivity index (χ2n) is 4.07. The summed E-state index contributed by atoms with van der Waals surface area (Å²) in [4.78, 5) is 0. The van der Waals surface area contributed by atoms with Crippen molar-refractivity contribution in [2.45, 2.75) is 45.3 Å². The number of unbranched alkanes of at least 4 members (excludes halogenated alkanes) is 2. The first-order valence-corrected chi connectivity index (χ1v) is 7.20. The fourth-order valence-electron chi connectivity index (χ4n) is 1.62. The smallest absolute Gasteiger partial charge is 0.0721 e. The lowest BCUT2D eigenvalue weighted by atomic mass is 10.1. The Hall–Kier alpha value is -0.340. The summed E-state index contributed by atoms with van der Waals surface area (Å²) < 4.78 is 5.88. The lowest BCUT2D eigenvalue weighted by Crippen LogP contribution is -2.14. The summed E-state index contributed by atoms with van der Waals surface area (Å²) in [5.74, 6) is 0. The van der Waals surface area contributed by atoms with Crippen LogP contribution < -0.4 is 0 Å². The molecule has 0 saturated carbocycles. The van der Waals surface area contributed by atoms with E-state index in [2.05, 4.69) is 47.1 Å². The standard InChI is InChI=1S/C14H21BrO/c1-2-3-5-10-14(11-15)16-12-13-8-6-4-7-9-13/h4,6-9,14H,2-3,5,10-12H2,1H3/t14-/m0/s1. The minimum Gasteiger partial charge on any atom is -0.373 e. The van der Waals surface area contributed by atoms with E-state index in [9.17, 15) is 0 Å². The molecule has 1 aromatic rings. The molecular formula is C14H21BrO. The first kappa shape index (κ1) is 13.7. The predicted molar refractivity (Wildman–Crippen MR) is 73.0 cm³/mol. The molecule has 16 heavy (non-hydrogen) atoms. The highest BCUT2D eigenvalue weighted by atomic mass is 79.9. The summed E-state index contributed by atoms with van der Waals surface area (Å²) in [6, 6.07) is 10.4. The van der Waals surface area contributed by atoms with Crippen molar-refractivity contribution in [3.05, 3.63) is 35.9 Å². The molecular weight excluding hydrogens is 264 g/mol. The zero-order chi connectivity index (χ0) is 11.6. The molecule has 90 valence electrons. The van der Waals surface area contributed by atoms with Gasteiger partial charge in [-0.1, -0.05) is 72.4 Å². The monoisotopic (exact) mass is 284 g/mol. The van der Waals surface area contributed by atoms with Crippen molar-refractivity contribution >= 4 is 15.9 Å². The van der Waals surface area contributed by atoms with E-state index in [1.54, 1.807) is 0 Å². The van der Waals surface area contributed by atoms with Gasteiger partial charge in [-0.05, 0) is 12.0 Å². The quantitative estimate of drug-likeness (QED) is 0.503. The van der Waals surface area contributed by atoms with Crippen molar-refractivity contribution in [3.63, 3.8) is 0 Å². The number of ether oxygens (including phenoxy) is 1. The molecule has 0 aliphatic carbocycles. The third-order valence-electron chi connectivity index (χ3n) is 2.63. The Balaban J connectivity index is 2.23. The molecule has 1 rings (SSSR count). The highest BCUT2D eigenvalue weighted by Gasteiger charge is 2.06. The van der Waals surface area contributed by atoms with Crippen molar-refractivity contribution in [1.29, 1.82) is 0 Å². The van der Waals surface area contributed by atoms with Gasteiger partial charge in [-0.25, -0.2) is 0 Å². The molecule has 0 amide bonds. The summed E-state index contributed by atoms with van der Waals surface area (Å²) in [5.41, 5.74) is 1.25. The molecule has 0 aliphatic rings. The average Bonchev–Trinajstić information content (AvgIpc) is 2.35. The van der Waals surface area contributed by atoms with Gasteiger partial charge in [-0.2, -0.15) is 0 Å². The maximum atomic E-state index is 5.88. The van der Waals surface area contributed by atoms with Crippen LogP contribution in [-0.2, 0) is 11.3 Å². The van der Waals surface area contributed by atoms with Crippen LogP contribution in [0.4, 0.5) is 0 Å². The van der Waals surface area contributed by atoms with Gasteiger partial charge in [0.15, 0.2) is 0 Å². The molecule has 1 nitrogen and oxygen atoms in total. The summed E-state index contributed by atoms with van der Waals surface area (Å²) in [6.45, 7) is 2.96. The minimum atomic E-state index is 0.353. The van der Waals surface area contributed by atoms with Crippen LogP contribution in [0.1, 0.15) is 38.2 Å². The normalized spacial score (nSPS) is 12.6. The molecule has 0 fully saturated rings. The van der Waals surface area contributed by atoms with E-state index in [0.29, 0.717) is 6.10 Å². The van der Waals surface area contributed by atoms with E-state index >= 15 is 0 Å². The molecule has 1 atom stereocenters. The third kappa shape index (κ3) is 5.66. The highest BCUT2D eigenvalue weighted by molar-refractivity contribution is 9.09. The van der Waals surface area contributed by atoms with Gasteiger partial charge in [0.1, 0.15) is 0 Å². The Bertz CT molecular complexity index is 261. The zero-order valence-corrected chi connectivity index (χ0v) is 11.6. The number of hydrogen-bond acceptors (Lipinski definition) is 1. The zero-order valence-electron chi connectivity index (χ0n) is 9.99. The van der Waals surface area contributed by atoms with E-state index in [4.69, 9.17) is 4.74 Å². The molecule has 0 unspecified atom stereocenters. The lowest BCUT2D eigenvalue weighted by molar-refractivity contribution is 0.0499. The number of halogens is 1. The van der Waals surface area contributed by atoms with Gasteiger partial charge in [0.25, 0.3) is 0 Å². The van der Waals surface area contributed by atoms with E-state index in [1.807, 2.05) is 6.07 Å². The van der Waals surface area contributed by atoms with Crippen LogP contribution >= 0.6 is 15.9 Å². The van der Waals surface area contributed by atoms with Gasteiger partial charge >= 0.3 is 0 Å². The van der Waals surface area contributed by atoms with Gasteiger partial charge in [-0.3, -0.25) is 0 Å². The van der Waals surface area contributed by atoms with E-state index < -0.39 is 0 Å². The SMILES string of the molecule is CCCCC[C@@H](CBr)OCc1ccccc1. The molecule has 0 aromatic heterocycles. The van der Waals surface area contributed by atoms with Crippen LogP contribution in [0.5, 0.6) is 0 Å². The topological polar surface area (TPSA) is 9.23 Å². The van der Waals surface area contributed by atoms with Crippen molar-refractivity contribution in [2.24, 2.45) is 0 Å². The Labute approximate surface area is 107 Å². The van der Waals surface area contributed by atoms with E-state index in [0.717, 1.165) is 18.4 Å². The van der Waals surface area contributed by atoms with Gasteiger partial charge in [0, 0.05) is 5.33 Å². The minimum absolute atomic E-state index is 0.353. The summed E-state index contributed by atoms with van der Waals surface area (Å²) in [6.07, 6.45) is 5.35. The van der Waals surface area contributed by atoms with Crippen molar-refractivity contribution in [3.8, 4) is 0 Å². The van der Waals surface area contributed by atoms with Crippen molar-refractivity contribution < 1.29 is 4.74 Å². The molecule has 0 heterocycles. The molecule has 1 aromatic carbocycles. The van der Waals surface area contributed by atoms with Crippen molar-refractivity contribution in [1.82, 2.24) is 0 Å². The van der Waals surface area contributed by atoms with Crippen LogP contribution in [-0.4, -0.2) is 11.4 Å². The summed E-state index contributed by atoms with van der Waals surface area (Å²) >= 11 is 3.52. The lowest BCUT2D eigenvalue weighted by Gasteiger charge is -2.15. The van der Waals surface area contributed by atoms with Gasteiger partial charge in [0.2, 0.25) is 0 Å². The Morgan fingerprint density at radius 1 is 1.19 bits per heavy atom. The van der Waals surface area contributed by atoms with Crippen LogP contribution in [0.15, 0.2) is 30.3 Å². The van der Waals surface area contributed by atoms with E-state index in [-0.39, 0.29) is 0 Å². The fourth-order valence-corrected chi connectivity index (χ4v) is 2.13. The second kappa shape index (κ2) is 8.77. The molecule has 0 bridgehead atoms. The van der Waals surface area contributed by atoms with Gasteiger partial charge in [0.05, 0.1) is 12.7 Å². The maximum absolute atomic E-state index is 5.88. The maximum Gasteiger partial charge on any atom is 0.0721 e. The van der Waals surface area contributed by atoms with Gasteiger partial charge in [-0.15, -0.1) is 0 Å². The van der Waals surface area contributed by atoms with Crippen LogP contribution in [0.25, 0.3) is 0 Å².